The van der Waals surface area contributed by atoms with Gasteiger partial charge in [-0.15, -0.1) is 0 Å². The van der Waals surface area contributed by atoms with Crippen LogP contribution in [0.5, 0.6) is 0 Å². The first kappa shape index (κ1) is 21.1. The molecule has 0 bridgehead atoms. The van der Waals surface area contributed by atoms with Crippen molar-refractivity contribution in [3.05, 3.63) is 12.7 Å². The fourth-order valence-electron chi connectivity index (χ4n) is 1.42. The molecular formula is C15H26N2O6. The third-order valence-electron chi connectivity index (χ3n) is 2.52. The van der Waals surface area contributed by atoms with Gasteiger partial charge < -0.3 is 29.6 Å². The maximum absolute atomic E-state index is 11.3. The van der Waals surface area contributed by atoms with Crippen LogP contribution in [-0.4, -0.2) is 63.9 Å². The van der Waals surface area contributed by atoms with Crippen LogP contribution in [0.2, 0.25) is 0 Å². The van der Waals surface area contributed by atoms with Crippen molar-refractivity contribution in [2.75, 3.05) is 46.1 Å². The Hall–Kier alpha value is -1.93. The number of hydrogen-bond donors (Lipinski definition) is 2. The molecule has 0 saturated carbocycles. The van der Waals surface area contributed by atoms with Gasteiger partial charge in [0.2, 0.25) is 0 Å². The summed E-state index contributed by atoms with van der Waals surface area (Å²) in [4.78, 5) is 32.7. The molecule has 0 saturated heterocycles. The van der Waals surface area contributed by atoms with Gasteiger partial charge in [-0.05, 0) is 13.3 Å². The number of Topliss-reactive ketones (excluding diaryl/α,β-unsaturated/α-hetero) is 1. The highest BCUT2D eigenvalue weighted by molar-refractivity contribution is 5.81. The second kappa shape index (κ2) is 15.0. The van der Waals surface area contributed by atoms with Gasteiger partial charge in [0.05, 0.1) is 26.4 Å². The van der Waals surface area contributed by atoms with Crippen LogP contribution in [0.15, 0.2) is 12.7 Å². The predicted octanol–water partition coefficient (Wildman–Crippen LogP) is 0.417. The fraction of sp³-hybridized carbons (Fsp3) is 0.667. The summed E-state index contributed by atoms with van der Waals surface area (Å²) in [6.07, 6.45) is 2.32. The van der Waals surface area contributed by atoms with E-state index in [4.69, 9.17) is 14.2 Å². The second-order valence-corrected chi connectivity index (χ2v) is 4.58. The second-order valence-electron chi connectivity index (χ2n) is 4.58. The number of rotatable bonds is 14. The highest BCUT2D eigenvalue weighted by atomic mass is 16.5. The molecule has 0 fully saturated rings. The zero-order valence-corrected chi connectivity index (χ0v) is 13.6. The van der Waals surface area contributed by atoms with Crippen LogP contribution in [0.25, 0.3) is 0 Å². The lowest BCUT2D eigenvalue weighted by molar-refractivity contribution is -0.137. The van der Waals surface area contributed by atoms with E-state index in [1.54, 1.807) is 6.92 Å². The van der Waals surface area contributed by atoms with Gasteiger partial charge in [0.1, 0.15) is 12.4 Å². The van der Waals surface area contributed by atoms with Crippen LogP contribution in [0.1, 0.15) is 19.8 Å². The van der Waals surface area contributed by atoms with Crippen molar-refractivity contribution in [2.24, 2.45) is 0 Å². The molecule has 0 aliphatic carbocycles. The fourth-order valence-corrected chi connectivity index (χ4v) is 1.42. The summed E-state index contributed by atoms with van der Waals surface area (Å²) in [6.45, 7) is 7.29. The maximum Gasteiger partial charge on any atom is 0.330 e. The number of carbonyl (C=O) groups is 3. The van der Waals surface area contributed by atoms with Crippen molar-refractivity contribution in [3.8, 4) is 0 Å². The Bertz CT molecular complexity index is 373. The van der Waals surface area contributed by atoms with Gasteiger partial charge in [0.25, 0.3) is 0 Å². The number of hydrogen-bond acceptors (Lipinski definition) is 6. The van der Waals surface area contributed by atoms with Crippen LogP contribution < -0.4 is 10.6 Å². The third kappa shape index (κ3) is 16.3. The molecule has 0 rings (SSSR count). The average Bonchev–Trinajstić information content (AvgIpc) is 2.52. The monoisotopic (exact) mass is 330 g/mol. The zero-order valence-electron chi connectivity index (χ0n) is 13.6. The minimum Gasteiger partial charge on any atom is -0.461 e. The molecule has 0 aromatic heterocycles. The summed E-state index contributed by atoms with van der Waals surface area (Å²) < 4.78 is 15.2. The molecule has 23 heavy (non-hydrogen) atoms. The molecule has 0 radical (unpaired) electrons. The molecule has 0 aromatic rings. The highest BCUT2D eigenvalue weighted by Crippen LogP contribution is 1.91. The summed E-state index contributed by atoms with van der Waals surface area (Å²) in [6, 6.07) is -0.358. The van der Waals surface area contributed by atoms with Gasteiger partial charge in [0, 0.05) is 25.6 Å². The van der Waals surface area contributed by atoms with Crippen LogP contribution in [0.4, 0.5) is 4.79 Å². The van der Waals surface area contributed by atoms with E-state index in [0.29, 0.717) is 39.4 Å². The Morgan fingerprint density at radius 1 is 0.957 bits per heavy atom. The molecule has 8 heteroatoms. The predicted molar refractivity (Wildman–Crippen MR) is 84.1 cm³/mol. The molecule has 0 atom stereocenters. The molecule has 2 amide bonds. The molecule has 8 nitrogen and oxygen atoms in total. The smallest absolute Gasteiger partial charge is 0.330 e. The lowest BCUT2D eigenvalue weighted by atomic mass is 10.2. The largest absolute Gasteiger partial charge is 0.461 e. The number of ketones is 1. The molecule has 0 unspecified atom stereocenters. The molecule has 2 N–H and O–H groups in total. The number of carbonyl (C=O) groups excluding carboxylic acids is 3. The van der Waals surface area contributed by atoms with Gasteiger partial charge in [-0.3, -0.25) is 0 Å². The number of nitrogens with one attached hydrogen (secondary N) is 2. The first-order chi connectivity index (χ1) is 11.1. The van der Waals surface area contributed by atoms with E-state index in [1.807, 2.05) is 0 Å². The van der Waals surface area contributed by atoms with Crippen molar-refractivity contribution < 1.29 is 28.6 Å². The van der Waals surface area contributed by atoms with Gasteiger partial charge in [-0.25, -0.2) is 9.59 Å². The molecule has 0 aliphatic heterocycles. The standard InChI is InChI=1S/C15H26N2O6/c1-3-14(19)23-10-7-17-15(20)16-6-9-22-12-11-21-8-4-5-13(2)18/h3H,1,4-12H2,2H3,(H2,16,17,20). The Kier molecular flexibility index (Phi) is 13.7. The lowest BCUT2D eigenvalue weighted by Gasteiger charge is -2.08. The number of urea groups is 1. The van der Waals surface area contributed by atoms with E-state index >= 15 is 0 Å². The quantitative estimate of drug-likeness (QED) is 0.272. The van der Waals surface area contributed by atoms with Gasteiger partial charge in [0.15, 0.2) is 0 Å². The topological polar surface area (TPSA) is 103 Å². The van der Waals surface area contributed by atoms with Gasteiger partial charge in [-0.1, -0.05) is 6.58 Å². The molecule has 0 heterocycles. The average molecular weight is 330 g/mol. The van der Waals surface area contributed by atoms with Crippen LogP contribution in [-0.2, 0) is 23.8 Å². The Morgan fingerprint density at radius 3 is 2.17 bits per heavy atom. The lowest BCUT2D eigenvalue weighted by Crippen LogP contribution is -2.39. The Labute approximate surface area is 136 Å². The molecule has 0 aliphatic rings. The van der Waals surface area contributed by atoms with Crippen LogP contribution >= 0.6 is 0 Å². The van der Waals surface area contributed by atoms with E-state index in [0.717, 1.165) is 12.5 Å². The first-order valence-corrected chi connectivity index (χ1v) is 7.52. The Balaban J connectivity index is 3.24. The van der Waals surface area contributed by atoms with E-state index in [1.165, 1.54) is 0 Å². The maximum atomic E-state index is 11.3. The third-order valence-corrected chi connectivity index (χ3v) is 2.52. The minimum absolute atomic E-state index is 0.0930. The zero-order chi connectivity index (χ0) is 17.3. The molecule has 0 aromatic carbocycles. The van der Waals surface area contributed by atoms with Crippen molar-refractivity contribution >= 4 is 17.8 Å². The summed E-state index contributed by atoms with van der Waals surface area (Å²) >= 11 is 0. The minimum atomic E-state index is -0.524. The van der Waals surface area contributed by atoms with Crippen molar-refractivity contribution in [3.63, 3.8) is 0 Å². The van der Waals surface area contributed by atoms with E-state index in [-0.39, 0.29) is 25.0 Å². The number of ether oxygens (including phenoxy) is 3. The van der Waals surface area contributed by atoms with Crippen LogP contribution in [0, 0.1) is 0 Å². The van der Waals surface area contributed by atoms with Crippen molar-refractivity contribution in [1.82, 2.24) is 10.6 Å². The Morgan fingerprint density at radius 2 is 1.57 bits per heavy atom. The highest BCUT2D eigenvalue weighted by Gasteiger charge is 2.00. The van der Waals surface area contributed by atoms with Crippen molar-refractivity contribution in [2.45, 2.75) is 19.8 Å². The first-order valence-electron chi connectivity index (χ1n) is 7.52. The molecule has 0 spiro atoms. The summed E-state index contributed by atoms with van der Waals surface area (Å²) in [7, 11) is 0. The summed E-state index contributed by atoms with van der Waals surface area (Å²) in [5, 5.41) is 5.12. The van der Waals surface area contributed by atoms with E-state index in [9.17, 15) is 14.4 Å². The SMILES string of the molecule is C=CC(=O)OCCNC(=O)NCCOCCOCCCC(C)=O. The summed E-state index contributed by atoms with van der Waals surface area (Å²) in [5.41, 5.74) is 0. The molecular weight excluding hydrogens is 304 g/mol. The normalized spacial score (nSPS) is 9.96. The van der Waals surface area contributed by atoms with Gasteiger partial charge >= 0.3 is 12.0 Å². The van der Waals surface area contributed by atoms with Crippen LogP contribution in [0.3, 0.4) is 0 Å². The van der Waals surface area contributed by atoms with E-state index < -0.39 is 5.97 Å². The van der Waals surface area contributed by atoms with E-state index in [2.05, 4.69) is 17.2 Å². The number of esters is 1. The summed E-state index contributed by atoms with van der Waals surface area (Å²) in [5.74, 6) is -0.364. The van der Waals surface area contributed by atoms with Crippen molar-refractivity contribution in [1.29, 1.82) is 0 Å². The molecule has 132 valence electrons. The van der Waals surface area contributed by atoms with Gasteiger partial charge in [-0.2, -0.15) is 0 Å². The number of amides is 2.